The second-order valence-electron chi connectivity index (χ2n) is 10.1. The van der Waals surface area contributed by atoms with E-state index >= 15 is 0 Å². The van der Waals surface area contributed by atoms with Crippen LogP contribution >= 0.6 is 0 Å². The van der Waals surface area contributed by atoms with E-state index < -0.39 is 0 Å². The fourth-order valence-electron chi connectivity index (χ4n) is 5.60. The minimum absolute atomic E-state index is 0.960. The molecule has 0 aromatic heterocycles. The molecule has 0 N–H and O–H groups in total. The van der Waals surface area contributed by atoms with Crippen LogP contribution in [-0.2, 0) is 0 Å². The third kappa shape index (κ3) is 5.78. The molecule has 0 aliphatic heterocycles. The Morgan fingerprint density at radius 3 is 1.32 bits per heavy atom. The Hall–Kier alpha value is -5.08. The summed E-state index contributed by atoms with van der Waals surface area (Å²) >= 11 is 0. The van der Waals surface area contributed by atoms with Crippen LogP contribution < -0.4 is 9.80 Å². The summed E-state index contributed by atoms with van der Waals surface area (Å²) < 4.78 is 0. The molecule has 6 rings (SSSR count). The molecule has 1 aliphatic rings. The summed E-state index contributed by atoms with van der Waals surface area (Å²) in [7, 11) is 0. The third-order valence-electron chi connectivity index (χ3n) is 7.47. The maximum Gasteiger partial charge on any atom is 0.0462 e. The zero-order chi connectivity index (χ0) is 27.9. The molecule has 0 atom stereocenters. The van der Waals surface area contributed by atoms with Crippen LogP contribution in [-0.4, -0.2) is 0 Å². The van der Waals surface area contributed by atoms with Crippen molar-refractivity contribution in [3.05, 3.63) is 181 Å². The van der Waals surface area contributed by atoms with Crippen LogP contribution in [0.5, 0.6) is 0 Å². The Morgan fingerprint density at radius 1 is 0.463 bits per heavy atom. The summed E-state index contributed by atoms with van der Waals surface area (Å²) in [6.45, 7) is 2.10. The maximum absolute atomic E-state index is 2.39. The van der Waals surface area contributed by atoms with E-state index in [1.165, 1.54) is 33.8 Å². The average Bonchev–Trinajstić information content (AvgIpc) is 3.04. The Balaban J connectivity index is 1.38. The molecule has 0 radical (unpaired) electrons. The summed E-state index contributed by atoms with van der Waals surface area (Å²) in [5.74, 6) is 0. The molecule has 0 unspecified atom stereocenters. The Kier molecular flexibility index (Phi) is 7.91. The Labute approximate surface area is 243 Å². The molecular formula is C39H34N2. The fraction of sp³-hybridized carbons (Fsp3) is 0.0769. The lowest BCUT2D eigenvalue weighted by molar-refractivity contribution is 0.923. The van der Waals surface area contributed by atoms with Crippen LogP contribution in [0.25, 0.3) is 5.57 Å². The highest BCUT2D eigenvalue weighted by Gasteiger charge is 2.21. The molecule has 0 heterocycles. The van der Waals surface area contributed by atoms with Gasteiger partial charge in [0.05, 0.1) is 0 Å². The largest absolute Gasteiger partial charge is 0.314 e. The number of para-hydroxylation sites is 4. The molecule has 0 bridgehead atoms. The lowest BCUT2D eigenvalue weighted by atomic mass is 9.89. The van der Waals surface area contributed by atoms with Gasteiger partial charge < -0.3 is 9.80 Å². The van der Waals surface area contributed by atoms with E-state index in [1.807, 2.05) is 0 Å². The second kappa shape index (κ2) is 12.4. The quantitative estimate of drug-likeness (QED) is 0.197. The smallest absolute Gasteiger partial charge is 0.0462 e. The van der Waals surface area contributed by atoms with E-state index in [0.29, 0.717) is 0 Å². The molecule has 2 heteroatoms. The monoisotopic (exact) mass is 530 g/mol. The normalized spacial score (nSPS) is 13.2. The molecule has 0 saturated heterocycles. The van der Waals surface area contributed by atoms with Crippen LogP contribution in [0.2, 0.25) is 0 Å². The van der Waals surface area contributed by atoms with Gasteiger partial charge in [-0.15, -0.1) is 0 Å². The second-order valence-corrected chi connectivity index (χ2v) is 10.1. The topological polar surface area (TPSA) is 6.48 Å². The van der Waals surface area contributed by atoms with Crippen LogP contribution in [0.15, 0.2) is 175 Å². The summed E-state index contributed by atoms with van der Waals surface area (Å²) in [5, 5.41) is 0. The lowest BCUT2D eigenvalue weighted by Crippen LogP contribution is -2.18. The lowest BCUT2D eigenvalue weighted by Gasteiger charge is -2.31. The summed E-state index contributed by atoms with van der Waals surface area (Å²) in [6.07, 6.45) is 8.69. The number of anilines is 5. The zero-order valence-electron chi connectivity index (χ0n) is 23.4. The van der Waals surface area contributed by atoms with Gasteiger partial charge in [0.2, 0.25) is 0 Å². The van der Waals surface area contributed by atoms with Gasteiger partial charge in [-0.1, -0.05) is 97.1 Å². The first-order valence-electron chi connectivity index (χ1n) is 14.3. The predicted molar refractivity (Wildman–Crippen MR) is 175 cm³/mol. The number of allylic oxidation sites excluding steroid dienone is 6. The van der Waals surface area contributed by atoms with Gasteiger partial charge in [-0.2, -0.15) is 0 Å². The predicted octanol–water partition coefficient (Wildman–Crippen LogP) is 11.0. The van der Waals surface area contributed by atoms with Gasteiger partial charge >= 0.3 is 0 Å². The van der Waals surface area contributed by atoms with Crippen molar-refractivity contribution in [3.63, 3.8) is 0 Å². The summed E-state index contributed by atoms with van der Waals surface area (Å²) in [5.41, 5.74) is 11.0. The van der Waals surface area contributed by atoms with E-state index in [9.17, 15) is 0 Å². The minimum atomic E-state index is 0.960. The standard InChI is InChI=1S/C39H34N2/c1-2-15-32-30-38(41(35-20-11-5-12-21-35)36-22-13-6-14-23-36)28-29-39(32)31-24-26-37(27-25-31)40(33-16-7-3-8-17-33)34-18-9-4-10-19-34/h2-27,30H,28-29H2,1H3/b15-2-. The first kappa shape index (κ1) is 26.2. The molecular weight excluding hydrogens is 496 g/mol. The highest BCUT2D eigenvalue weighted by molar-refractivity contribution is 5.81. The van der Waals surface area contributed by atoms with Crippen molar-refractivity contribution in [3.8, 4) is 0 Å². The molecule has 200 valence electrons. The maximum atomic E-state index is 2.39. The van der Waals surface area contributed by atoms with Crippen molar-refractivity contribution in [1.82, 2.24) is 0 Å². The van der Waals surface area contributed by atoms with Gasteiger partial charge in [-0.05, 0) is 103 Å². The van der Waals surface area contributed by atoms with Crippen LogP contribution in [0.3, 0.4) is 0 Å². The Bertz CT molecular complexity index is 1570. The Morgan fingerprint density at radius 2 is 0.878 bits per heavy atom. The van der Waals surface area contributed by atoms with Gasteiger partial charge in [0.15, 0.2) is 0 Å². The first-order chi connectivity index (χ1) is 20.3. The molecule has 41 heavy (non-hydrogen) atoms. The van der Waals surface area contributed by atoms with E-state index in [4.69, 9.17) is 0 Å². The van der Waals surface area contributed by atoms with Crippen molar-refractivity contribution in [2.45, 2.75) is 19.8 Å². The van der Waals surface area contributed by atoms with Gasteiger partial charge in [0, 0.05) is 34.1 Å². The fourth-order valence-corrected chi connectivity index (χ4v) is 5.60. The van der Waals surface area contributed by atoms with E-state index in [2.05, 4.69) is 181 Å². The average molecular weight is 531 g/mol. The van der Waals surface area contributed by atoms with E-state index in [0.717, 1.165) is 29.9 Å². The minimum Gasteiger partial charge on any atom is -0.314 e. The number of benzene rings is 5. The van der Waals surface area contributed by atoms with Crippen molar-refractivity contribution < 1.29 is 0 Å². The molecule has 2 nitrogen and oxygen atoms in total. The molecule has 1 aliphatic carbocycles. The molecule has 0 amide bonds. The summed E-state index contributed by atoms with van der Waals surface area (Å²) in [6, 6.07) is 51.5. The van der Waals surface area contributed by atoms with Crippen LogP contribution in [0.4, 0.5) is 28.4 Å². The summed E-state index contributed by atoms with van der Waals surface area (Å²) in [4.78, 5) is 4.70. The van der Waals surface area contributed by atoms with Crippen LogP contribution in [0.1, 0.15) is 25.3 Å². The number of rotatable bonds is 8. The zero-order valence-corrected chi connectivity index (χ0v) is 23.4. The molecule has 5 aromatic carbocycles. The number of nitrogens with zero attached hydrogens (tertiary/aromatic N) is 2. The highest BCUT2D eigenvalue weighted by Crippen LogP contribution is 2.40. The van der Waals surface area contributed by atoms with Crippen molar-refractivity contribution in [2.24, 2.45) is 0 Å². The molecule has 5 aromatic rings. The molecule has 0 fully saturated rings. The van der Waals surface area contributed by atoms with E-state index in [1.54, 1.807) is 0 Å². The van der Waals surface area contributed by atoms with Crippen molar-refractivity contribution in [2.75, 3.05) is 9.80 Å². The highest BCUT2D eigenvalue weighted by atomic mass is 15.2. The number of hydrogen-bond acceptors (Lipinski definition) is 2. The number of hydrogen-bond donors (Lipinski definition) is 0. The third-order valence-corrected chi connectivity index (χ3v) is 7.47. The van der Waals surface area contributed by atoms with Gasteiger partial charge in [-0.25, -0.2) is 0 Å². The van der Waals surface area contributed by atoms with Gasteiger partial charge in [0.25, 0.3) is 0 Å². The van der Waals surface area contributed by atoms with Crippen LogP contribution in [0, 0.1) is 0 Å². The van der Waals surface area contributed by atoms with Crippen molar-refractivity contribution >= 4 is 34.0 Å². The SMILES string of the molecule is C/C=C\C1=C(c2ccc(N(c3ccccc3)c3ccccc3)cc2)CCC(N(c2ccccc2)c2ccccc2)=C1. The van der Waals surface area contributed by atoms with E-state index in [-0.39, 0.29) is 0 Å². The van der Waals surface area contributed by atoms with Gasteiger partial charge in [-0.3, -0.25) is 0 Å². The van der Waals surface area contributed by atoms with Gasteiger partial charge in [0.1, 0.15) is 0 Å². The molecule has 0 spiro atoms. The van der Waals surface area contributed by atoms with Crippen molar-refractivity contribution in [1.29, 1.82) is 0 Å². The molecule has 0 saturated carbocycles. The first-order valence-corrected chi connectivity index (χ1v) is 14.3.